The van der Waals surface area contributed by atoms with E-state index in [0.717, 1.165) is 11.4 Å². The Bertz CT molecular complexity index is 576. The molecule has 0 atom stereocenters. The third-order valence-electron chi connectivity index (χ3n) is 2.79. The van der Waals surface area contributed by atoms with Crippen molar-refractivity contribution < 1.29 is 4.79 Å². The lowest BCUT2D eigenvalue weighted by atomic mass is 10.1. The predicted molar refractivity (Wildman–Crippen MR) is 79.6 cm³/mol. The molecule has 19 heavy (non-hydrogen) atoms. The van der Waals surface area contributed by atoms with Gasteiger partial charge in [-0.15, -0.1) is 0 Å². The van der Waals surface area contributed by atoms with Gasteiger partial charge in [-0.3, -0.25) is 4.79 Å². The van der Waals surface area contributed by atoms with E-state index >= 15 is 0 Å². The first-order valence-electron chi connectivity index (χ1n) is 6.00. The molecule has 0 saturated heterocycles. The number of amides is 1. The summed E-state index contributed by atoms with van der Waals surface area (Å²) in [5, 5.41) is 2.84. The highest BCUT2D eigenvalue weighted by atomic mass is 16.1. The van der Waals surface area contributed by atoms with Crippen LogP contribution in [0.4, 0.5) is 17.1 Å². The highest BCUT2D eigenvalue weighted by molar-refractivity contribution is 6.04. The molecule has 4 heteroatoms. The molecule has 2 aromatic carbocycles. The average Bonchev–Trinajstić information content (AvgIpc) is 2.41. The molecular formula is C15H17N3O. The zero-order chi connectivity index (χ0) is 13.8. The molecule has 0 aliphatic heterocycles. The number of hydrogen-bond acceptors (Lipinski definition) is 3. The second-order valence-electron chi connectivity index (χ2n) is 4.52. The second kappa shape index (κ2) is 5.44. The van der Waals surface area contributed by atoms with Crippen molar-refractivity contribution in [3.8, 4) is 0 Å². The monoisotopic (exact) mass is 255 g/mol. The van der Waals surface area contributed by atoms with E-state index in [1.54, 1.807) is 30.3 Å². The van der Waals surface area contributed by atoms with Crippen molar-refractivity contribution in [1.29, 1.82) is 0 Å². The van der Waals surface area contributed by atoms with Crippen molar-refractivity contribution in [2.24, 2.45) is 0 Å². The van der Waals surface area contributed by atoms with Crippen molar-refractivity contribution >= 4 is 23.0 Å². The van der Waals surface area contributed by atoms with Gasteiger partial charge < -0.3 is 16.0 Å². The third-order valence-corrected chi connectivity index (χ3v) is 2.79. The van der Waals surface area contributed by atoms with Crippen LogP contribution < -0.4 is 16.0 Å². The SMILES string of the molecule is CN(C)c1cccc(C(=O)Nc2ccc(N)cc2)c1. The molecule has 0 radical (unpaired) electrons. The molecule has 0 heterocycles. The number of anilines is 3. The number of benzene rings is 2. The fraction of sp³-hybridized carbons (Fsp3) is 0.133. The van der Waals surface area contributed by atoms with Gasteiger partial charge in [-0.1, -0.05) is 6.07 Å². The summed E-state index contributed by atoms with van der Waals surface area (Å²) in [6.07, 6.45) is 0. The molecule has 0 aliphatic carbocycles. The Morgan fingerprint density at radius 2 is 1.79 bits per heavy atom. The lowest BCUT2D eigenvalue weighted by Gasteiger charge is -2.13. The summed E-state index contributed by atoms with van der Waals surface area (Å²) in [6.45, 7) is 0. The van der Waals surface area contributed by atoms with Gasteiger partial charge in [-0.05, 0) is 42.5 Å². The molecular weight excluding hydrogens is 238 g/mol. The van der Waals surface area contributed by atoms with Gasteiger partial charge in [-0.2, -0.15) is 0 Å². The van der Waals surface area contributed by atoms with E-state index in [9.17, 15) is 4.79 Å². The van der Waals surface area contributed by atoms with Crippen molar-refractivity contribution in [1.82, 2.24) is 0 Å². The number of hydrogen-bond donors (Lipinski definition) is 2. The number of rotatable bonds is 3. The minimum Gasteiger partial charge on any atom is -0.399 e. The third kappa shape index (κ3) is 3.25. The van der Waals surface area contributed by atoms with Crippen LogP contribution in [0, 0.1) is 0 Å². The van der Waals surface area contributed by atoms with Gasteiger partial charge in [0.05, 0.1) is 0 Å². The van der Waals surface area contributed by atoms with E-state index in [0.29, 0.717) is 11.3 Å². The molecule has 3 N–H and O–H groups in total. The molecule has 0 unspecified atom stereocenters. The van der Waals surface area contributed by atoms with Crippen LogP contribution in [0.25, 0.3) is 0 Å². The Morgan fingerprint density at radius 1 is 1.11 bits per heavy atom. The average molecular weight is 255 g/mol. The first kappa shape index (κ1) is 13.0. The minimum absolute atomic E-state index is 0.131. The van der Waals surface area contributed by atoms with Crippen LogP contribution in [0.15, 0.2) is 48.5 Å². The molecule has 98 valence electrons. The molecule has 0 saturated carbocycles. The van der Waals surface area contributed by atoms with Crippen molar-refractivity contribution in [2.75, 3.05) is 30.0 Å². The molecule has 2 aromatic rings. The van der Waals surface area contributed by atoms with Crippen LogP contribution in [0.3, 0.4) is 0 Å². The Balaban J connectivity index is 2.15. The van der Waals surface area contributed by atoms with E-state index < -0.39 is 0 Å². The second-order valence-corrected chi connectivity index (χ2v) is 4.52. The minimum atomic E-state index is -0.131. The number of carbonyl (C=O) groups excluding carboxylic acids is 1. The van der Waals surface area contributed by atoms with Crippen molar-refractivity contribution in [2.45, 2.75) is 0 Å². The summed E-state index contributed by atoms with van der Waals surface area (Å²) in [5.74, 6) is -0.131. The Labute approximate surface area is 112 Å². The Morgan fingerprint density at radius 3 is 2.42 bits per heavy atom. The Hall–Kier alpha value is -2.49. The molecule has 0 bridgehead atoms. The number of carbonyl (C=O) groups is 1. The zero-order valence-electron chi connectivity index (χ0n) is 11.1. The summed E-state index contributed by atoms with van der Waals surface area (Å²) in [4.78, 5) is 14.1. The highest BCUT2D eigenvalue weighted by Gasteiger charge is 2.07. The Kier molecular flexibility index (Phi) is 3.71. The van der Waals surface area contributed by atoms with Gasteiger partial charge in [0.15, 0.2) is 0 Å². The van der Waals surface area contributed by atoms with Gasteiger partial charge in [0.25, 0.3) is 5.91 Å². The molecule has 2 rings (SSSR count). The number of nitrogens with one attached hydrogen (secondary N) is 1. The van der Waals surface area contributed by atoms with Crippen LogP contribution in [-0.4, -0.2) is 20.0 Å². The van der Waals surface area contributed by atoms with E-state index in [4.69, 9.17) is 5.73 Å². The van der Waals surface area contributed by atoms with Gasteiger partial charge >= 0.3 is 0 Å². The molecule has 1 amide bonds. The quantitative estimate of drug-likeness (QED) is 0.829. The first-order chi connectivity index (χ1) is 9.06. The highest BCUT2D eigenvalue weighted by Crippen LogP contribution is 2.16. The van der Waals surface area contributed by atoms with Crippen LogP contribution in [0.2, 0.25) is 0 Å². The largest absolute Gasteiger partial charge is 0.399 e. The summed E-state index contributed by atoms with van der Waals surface area (Å²) in [6, 6.07) is 14.5. The lowest BCUT2D eigenvalue weighted by Crippen LogP contribution is -2.14. The molecule has 4 nitrogen and oxygen atoms in total. The van der Waals surface area contributed by atoms with Gasteiger partial charge in [0.2, 0.25) is 0 Å². The molecule has 0 aliphatic rings. The van der Waals surface area contributed by atoms with Crippen LogP contribution in [0.5, 0.6) is 0 Å². The summed E-state index contributed by atoms with van der Waals surface area (Å²) >= 11 is 0. The van der Waals surface area contributed by atoms with Gasteiger partial charge in [-0.25, -0.2) is 0 Å². The molecule has 0 spiro atoms. The summed E-state index contributed by atoms with van der Waals surface area (Å²) in [5.41, 5.74) is 8.63. The predicted octanol–water partition coefficient (Wildman–Crippen LogP) is 2.59. The zero-order valence-corrected chi connectivity index (χ0v) is 11.1. The van der Waals surface area contributed by atoms with E-state index in [-0.39, 0.29) is 5.91 Å². The maximum Gasteiger partial charge on any atom is 0.255 e. The topological polar surface area (TPSA) is 58.4 Å². The molecule has 0 aromatic heterocycles. The van der Waals surface area contributed by atoms with E-state index in [1.807, 2.05) is 37.2 Å². The number of nitrogens with two attached hydrogens (primary N) is 1. The normalized spacial score (nSPS) is 10.0. The van der Waals surface area contributed by atoms with Crippen LogP contribution >= 0.6 is 0 Å². The first-order valence-corrected chi connectivity index (χ1v) is 6.00. The number of nitrogen functional groups attached to an aromatic ring is 1. The molecule has 0 fully saturated rings. The lowest BCUT2D eigenvalue weighted by molar-refractivity contribution is 0.102. The summed E-state index contributed by atoms with van der Waals surface area (Å²) in [7, 11) is 3.88. The smallest absolute Gasteiger partial charge is 0.255 e. The van der Waals surface area contributed by atoms with Crippen molar-refractivity contribution in [3.05, 3.63) is 54.1 Å². The van der Waals surface area contributed by atoms with Gasteiger partial charge in [0, 0.05) is 36.7 Å². The van der Waals surface area contributed by atoms with Gasteiger partial charge in [0.1, 0.15) is 0 Å². The number of nitrogens with zero attached hydrogens (tertiary/aromatic N) is 1. The fourth-order valence-electron chi connectivity index (χ4n) is 1.70. The summed E-state index contributed by atoms with van der Waals surface area (Å²) < 4.78 is 0. The van der Waals surface area contributed by atoms with E-state index in [2.05, 4.69) is 5.32 Å². The van der Waals surface area contributed by atoms with Crippen molar-refractivity contribution in [3.63, 3.8) is 0 Å². The standard InChI is InChI=1S/C15H17N3O/c1-18(2)14-5-3-4-11(10-14)15(19)17-13-8-6-12(16)7-9-13/h3-10H,16H2,1-2H3,(H,17,19). The maximum absolute atomic E-state index is 12.1. The van der Waals surface area contributed by atoms with Crippen LogP contribution in [-0.2, 0) is 0 Å². The van der Waals surface area contributed by atoms with E-state index in [1.165, 1.54) is 0 Å². The maximum atomic E-state index is 12.1. The van der Waals surface area contributed by atoms with Crippen LogP contribution in [0.1, 0.15) is 10.4 Å². The fourth-order valence-corrected chi connectivity index (χ4v) is 1.70.